The molecule has 1 aliphatic heterocycles. The predicted molar refractivity (Wildman–Crippen MR) is 116 cm³/mol. The van der Waals surface area contributed by atoms with Gasteiger partial charge in [0.05, 0.1) is 36.6 Å². The van der Waals surface area contributed by atoms with Gasteiger partial charge in [-0.2, -0.15) is 5.26 Å². The molecule has 2 aliphatic rings. The van der Waals surface area contributed by atoms with Gasteiger partial charge in [0.2, 0.25) is 0 Å². The minimum Gasteiger partial charge on any atom is -0.394 e. The van der Waals surface area contributed by atoms with Crippen LogP contribution in [0.2, 0.25) is 0 Å². The fourth-order valence-corrected chi connectivity index (χ4v) is 4.14. The molecule has 2 fully saturated rings. The summed E-state index contributed by atoms with van der Waals surface area (Å²) in [7, 11) is 0. The number of aliphatic hydroxyl groups is 3. The summed E-state index contributed by atoms with van der Waals surface area (Å²) in [6.07, 6.45) is 2.81. The highest BCUT2D eigenvalue weighted by atomic mass is 16.5. The minimum atomic E-state index is -0.815. The van der Waals surface area contributed by atoms with E-state index < -0.39 is 11.7 Å². The minimum absolute atomic E-state index is 0.122. The van der Waals surface area contributed by atoms with Crippen LogP contribution < -0.4 is 0 Å². The average molecular weight is 418 g/mol. The molecule has 1 aliphatic carbocycles. The average Bonchev–Trinajstić information content (AvgIpc) is 2.76. The number of ether oxygens (including phenoxy) is 1. The predicted octanol–water partition coefficient (Wildman–Crippen LogP) is 2.99. The fourth-order valence-electron chi connectivity index (χ4n) is 4.14. The molecule has 160 valence electrons. The van der Waals surface area contributed by atoms with Crippen molar-refractivity contribution in [2.75, 3.05) is 6.61 Å². The quantitative estimate of drug-likeness (QED) is 0.665. The van der Waals surface area contributed by atoms with Crippen LogP contribution in [0.1, 0.15) is 66.0 Å². The van der Waals surface area contributed by atoms with E-state index in [-0.39, 0.29) is 18.8 Å². The van der Waals surface area contributed by atoms with E-state index in [1.165, 1.54) is 0 Å². The van der Waals surface area contributed by atoms with Gasteiger partial charge in [0.15, 0.2) is 0 Å². The fraction of sp³-hybridized carbons (Fsp3) is 0.423. The van der Waals surface area contributed by atoms with Gasteiger partial charge in [0.25, 0.3) is 0 Å². The van der Waals surface area contributed by atoms with E-state index in [4.69, 9.17) is 4.74 Å². The van der Waals surface area contributed by atoms with Gasteiger partial charge in [0, 0.05) is 18.4 Å². The van der Waals surface area contributed by atoms with Crippen LogP contribution in [0.4, 0.5) is 0 Å². The van der Waals surface area contributed by atoms with E-state index in [1.807, 2.05) is 36.4 Å². The van der Waals surface area contributed by atoms with Crippen LogP contribution in [0, 0.1) is 23.2 Å². The monoisotopic (exact) mass is 417 g/mol. The van der Waals surface area contributed by atoms with Gasteiger partial charge in [-0.1, -0.05) is 36.1 Å². The van der Waals surface area contributed by atoms with Crippen LogP contribution in [0.25, 0.3) is 0 Å². The molecule has 3 N–H and O–H groups in total. The molecule has 5 nitrogen and oxygen atoms in total. The Labute approximate surface area is 182 Å². The highest BCUT2D eigenvalue weighted by molar-refractivity contribution is 5.45. The third-order valence-corrected chi connectivity index (χ3v) is 6.17. The summed E-state index contributed by atoms with van der Waals surface area (Å²) < 4.78 is 5.93. The lowest BCUT2D eigenvalue weighted by atomic mass is 9.81. The molecule has 1 saturated heterocycles. The van der Waals surface area contributed by atoms with Gasteiger partial charge in [0.1, 0.15) is 5.60 Å². The molecule has 3 atom stereocenters. The third-order valence-electron chi connectivity index (χ3n) is 6.17. The Morgan fingerprint density at radius 3 is 2.52 bits per heavy atom. The van der Waals surface area contributed by atoms with Gasteiger partial charge >= 0.3 is 0 Å². The lowest BCUT2D eigenvalue weighted by Gasteiger charge is -2.32. The number of nitrogens with zero attached hydrogens (tertiary/aromatic N) is 1. The van der Waals surface area contributed by atoms with E-state index >= 15 is 0 Å². The summed E-state index contributed by atoms with van der Waals surface area (Å²) >= 11 is 0. The first-order chi connectivity index (χ1) is 15.0. The van der Waals surface area contributed by atoms with Crippen molar-refractivity contribution in [3.05, 3.63) is 70.3 Å². The van der Waals surface area contributed by atoms with Gasteiger partial charge in [-0.05, 0) is 60.6 Å². The first-order valence-corrected chi connectivity index (χ1v) is 10.8. The number of hydrogen-bond acceptors (Lipinski definition) is 5. The normalized spacial score (nSPS) is 24.4. The third kappa shape index (κ3) is 5.15. The summed E-state index contributed by atoms with van der Waals surface area (Å²) in [6, 6.07) is 15.7. The number of rotatable bonds is 4. The van der Waals surface area contributed by atoms with Gasteiger partial charge in [-0.3, -0.25) is 0 Å². The molecule has 0 aromatic heterocycles. The number of nitriles is 1. The summed E-state index contributed by atoms with van der Waals surface area (Å²) in [5.74, 6) is 6.02. The molecular weight excluding hydrogens is 390 g/mol. The van der Waals surface area contributed by atoms with Crippen LogP contribution in [-0.4, -0.2) is 39.7 Å². The van der Waals surface area contributed by atoms with Crippen molar-refractivity contribution in [3.8, 4) is 17.9 Å². The number of benzene rings is 2. The Kier molecular flexibility index (Phi) is 6.41. The zero-order valence-electron chi connectivity index (χ0n) is 17.4. The Balaban J connectivity index is 1.51. The topological polar surface area (TPSA) is 93.7 Å². The standard InChI is InChI=1S/C26H27NO4/c27-16-21-7-6-20(25-15-23(29)14-24(17-28)31-25)13-22(21)12-19-4-2-18(3-5-19)8-11-26(30)9-1-10-26/h2-7,13,23-25,28-30H,1,9-10,12,14-15,17H2. The van der Waals surface area contributed by atoms with Crippen LogP contribution in [0.5, 0.6) is 0 Å². The van der Waals surface area contributed by atoms with E-state index in [1.54, 1.807) is 6.07 Å². The van der Waals surface area contributed by atoms with E-state index in [2.05, 4.69) is 17.9 Å². The SMILES string of the molecule is N#Cc1ccc(C2CC(O)CC(CO)O2)cc1Cc1ccc(C#CC2(O)CCC2)cc1. The Morgan fingerprint density at radius 2 is 1.87 bits per heavy atom. The van der Waals surface area contributed by atoms with Crippen LogP contribution in [0.3, 0.4) is 0 Å². The summed E-state index contributed by atoms with van der Waals surface area (Å²) in [5.41, 5.74) is 3.51. The van der Waals surface area contributed by atoms with Crippen molar-refractivity contribution in [2.24, 2.45) is 0 Å². The van der Waals surface area contributed by atoms with Crippen molar-refractivity contribution in [1.82, 2.24) is 0 Å². The second-order valence-corrected chi connectivity index (χ2v) is 8.59. The molecule has 0 radical (unpaired) electrons. The summed E-state index contributed by atoms with van der Waals surface area (Å²) in [4.78, 5) is 0. The molecule has 1 saturated carbocycles. The lowest BCUT2D eigenvalue weighted by molar-refractivity contribution is -0.113. The number of aliphatic hydroxyl groups excluding tert-OH is 2. The van der Waals surface area contributed by atoms with Crippen LogP contribution in [-0.2, 0) is 11.2 Å². The van der Waals surface area contributed by atoms with E-state index in [9.17, 15) is 20.6 Å². The molecule has 0 spiro atoms. The Bertz CT molecular complexity index is 1020. The van der Waals surface area contributed by atoms with Crippen molar-refractivity contribution >= 4 is 0 Å². The highest BCUT2D eigenvalue weighted by Gasteiger charge is 2.32. The van der Waals surface area contributed by atoms with Crippen LogP contribution in [0.15, 0.2) is 42.5 Å². The van der Waals surface area contributed by atoms with Crippen molar-refractivity contribution in [1.29, 1.82) is 5.26 Å². The summed E-state index contributed by atoms with van der Waals surface area (Å²) in [5, 5.41) is 39.2. The first-order valence-electron chi connectivity index (χ1n) is 10.8. The maximum atomic E-state index is 10.1. The zero-order chi connectivity index (χ0) is 21.8. The van der Waals surface area contributed by atoms with Crippen LogP contribution >= 0.6 is 0 Å². The molecule has 3 unspecified atom stereocenters. The molecule has 31 heavy (non-hydrogen) atoms. The molecule has 4 rings (SSSR count). The lowest BCUT2D eigenvalue weighted by Crippen LogP contribution is -2.34. The Morgan fingerprint density at radius 1 is 1.10 bits per heavy atom. The zero-order valence-corrected chi connectivity index (χ0v) is 17.4. The van der Waals surface area contributed by atoms with Gasteiger partial charge in [-0.15, -0.1) is 0 Å². The summed E-state index contributed by atoms with van der Waals surface area (Å²) in [6.45, 7) is -0.122. The molecular formula is C26H27NO4. The maximum absolute atomic E-state index is 10.1. The number of hydrogen-bond donors (Lipinski definition) is 3. The second-order valence-electron chi connectivity index (χ2n) is 8.59. The van der Waals surface area contributed by atoms with Crippen molar-refractivity contribution < 1.29 is 20.1 Å². The van der Waals surface area contributed by atoms with Gasteiger partial charge < -0.3 is 20.1 Å². The maximum Gasteiger partial charge on any atom is 0.125 e. The Hall–Kier alpha value is -2.67. The molecule has 0 bridgehead atoms. The highest BCUT2D eigenvalue weighted by Crippen LogP contribution is 2.33. The van der Waals surface area contributed by atoms with E-state index in [0.29, 0.717) is 24.8 Å². The molecule has 0 amide bonds. The first kappa shape index (κ1) is 21.6. The molecule has 2 aromatic rings. The molecule has 2 aromatic carbocycles. The molecule has 1 heterocycles. The smallest absolute Gasteiger partial charge is 0.125 e. The van der Waals surface area contributed by atoms with Gasteiger partial charge in [-0.25, -0.2) is 0 Å². The van der Waals surface area contributed by atoms with Crippen molar-refractivity contribution in [2.45, 2.75) is 62.4 Å². The van der Waals surface area contributed by atoms with E-state index in [0.717, 1.165) is 41.5 Å². The molecule has 5 heteroatoms. The second kappa shape index (κ2) is 9.22. The largest absolute Gasteiger partial charge is 0.394 e. The van der Waals surface area contributed by atoms with Crippen molar-refractivity contribution in [3.63, 3.8) is 0 Å².